The van der Waals surface area contributed by atoms with Crippen molar-refractivity contribution in [1.29, 1.82) is 0 Å². The molecular weight excluding hydrogens is 731 g/mol. The van der Waals surface area contributed by atoms with Crippen molar-refractivity contribution in [1.82, 2.24) is 19.5 Å². The number of imidazole rings is 1. The number of ether oxygens (including phenoxy) is 1. The first kappa shape index (κ1) is 43.0. The molecule has 3 heterocycles. The van der Waals surface area contributed by atoms with E-state index in [4.69, 9.17) is 24.8 Å². The summed E-state index contributed by atoms with van der Waals surface area (Å²) in [5, 5.41) is 22.4. The van der Waals surface area contributed by atoms with E-state index in [1.54, 1.807) is 6.08 Å². The highest BCUT2D eigenvalue weighted by atomic mass is 31.3. The summed E-state index contributed by atoms with van der Waals surface area (Å²) in [6, 6.07) is 0. The minimum Gasteiger partial charge on any atom is -0.387 e. The molecule has 3 rings (SSSR count). The molecule has 0 radical (unpaired) electrons. The maximum absolute atomic E-state index is 12.4. The first-order valence-electron chi connectivity index (χ1n) is 16.0. The quantitative estimate of drug-likeness (QED) is 0.0724. The molecule has 1 saturated heterocycles. The van der Waals surface area contributed by atoms with Gasteiger partial charge in [0, 0.05) is 6.42 Å². The summed E-state index contributed by atoms with van der Waals surface area (Å²) in [7, 11) is -16.9. The van der Waals surface area contributed by atoms with Crippen molar-refractivity contribution in [3.8, 4) is 0 Å². The van der Waals surface area contributed by atoms with E-state index in [-0.39, 0.29) is 23.4 Å². The molecule has 51 heavy (non-hydrogen) atoms. The number of rotatable bonds is 19. The number of anilines is 1. The summed E-state index contributed by atoms with van der Waals surface area (Å²) in [6.07, 6.45) is 11.2. The number of aromatic nitrogens is 4. The van der Waals surface area contributed by atoms with Gasteiger partial charge in [0.2, 0.25) is 0 Å². The van der Waals surface area contributed by atoms with E-state index >= 15 is 0 Å². The Hall–Kier alpha value is -2.40. The molecule has 286 valence electrons. The van der Waals surface area contributed by atoms with E-state index in [0.717, 1.165) is 37.7 Å². The summed E-state index contributed by atoms with van der Waals surface area (Å²) in [5.41, 5.74) is 9.33. The zero-order valence-corrected chi connectivity index (χ0v) is 31.8. The predicted molar refractivity (Wildman–Crippen MR) is 187 cm³/mol. The summed E-state index contributed by atoms with van der Waals surface area (Å²) in [5.74, 6) is 0.0365. The highest BCUT2D eigenvalue weighted by Crippen LogP contribution is 2.66. The molecule has 21 heteroatoms. The fourth-order valence-corrected chi connectivity index (χ4v) is 8.41. The first-order chi connectivity index (χ1) is 23.6. The first-order valence-corrected chi connectivity index (χ1v) is 20.5. The molecule has 0 amide bonds. The summed E-state index contributed by atoms with van der Waals surface area (Å²) < 4.78 is 54.7. The molecule has 18 nitrogen and oxygen atoms in total. The van der Waals surface area contributed by atoms with Crippen LogP contribution in [-0.2, 0) is 37.3 Å². The maximum Gasteiger partial charge on any atom is 0.490 e. The highest BCUT2D eigenvalue weighted by molar-refractivity contribution is 7.66. The van der Waals surface area contributed by atoms with Gasteiger partial charge in [0.25, 0.3) is 0 Å². The van der Waals surface area contributed by atoms with E-state index in [0.29, 0.717) is 6.42 Å². The summed E-state index contributed by atoms with van der Waals surface area (Å²) in [6.45, 7) is 9.33. The lowest BCUT2D eigenvalue weighted by atomic mass is 9.97. The minimum atomic E-state index is -5.78. The average molecular weight is 780 g/mol. The normalized spacial score (nSPS) is 24.5. The Kier molecular flexibility index (Phi) is 15.3. The van der Waals surface area contributed by atoms with Gasteiger partial charge in [-0.15, -0.1) is 0 Å². The van der Waals surface area contributed by atoms with Gasteiger partial charge in [-0.1, -0.05) is 46.6 Å². The number of aliphatic hydroxyl groups is 2. The highest BCUT2D eigenvalue weighted by Gasteiger charge is 2.56. The fraction of sp³-hybridized carbons (Fsp3) is 0.567. The topological polar surface area (TPSA) is 279 Å². The van der Waals surface area contributed by atoms with Gasteiger partial charge in [-0.25, -0.2) is 28.6 Å². The molecule has 0 aliphatic carbocycles. The number of allylic oxidation sites excluding steroid dienone is 7. The van der Waals surface area contributed by atoms with Crippen LogP contribution < -0.4 is 5.73 Å². The lowest BCUT2D eigenvalue weighted by Gasteiger charge is -2.33. The average Bonchev–Trinajstić information content (AvgIpc) is 3.53. The molecule has 2 unspecified atom stereocenters. The molecule has 0 saturated carbocycles. The molecule has 6 atom stereocenters. The summed E-state index contributed by atoms with van der Waals surface area (Å²) >= 11 is 0. The standard InChI is InChI=1S/C30H48N5O13P3/c1-20(2)9-6-10-21(3)11-7-12-22(4)13-8-14-23(5)15-16-30(35-19-34-25-28(31)32-18-33-29(25)35)27(37)26(36)24(46-30)17-45-50(41,42)48-51(43,44)47-49(38,39)40/h9,11,13,15,18-19,24,26-27,36-37H,6-8,10,12,14,16-17H2,1-5H3,(H,41,42)(H,43,44)(H2,31,32,33)(H2,38,39,40)/b21-11+,22-13?,23-15+/t24-,26-,27-,30-/m1/s1. The van der Waals surface area contributed by atoms with Crippen LogP contribution in [0.5, 0.6) is 0 Å². The van der Waals surface area contributed by atoms with Gasteiger partial charge in [-0.05, 0) is 73.1 Å². The van der Waals surface area contributed by atoms with Crippen LogP contribution in [-0.4, -0.2) is 74.2 Å². The van der Waals surface area contributed by atoms with Gasteiger partial charge >= 0.3 is 23.5 Å². The lowest BCUT2D eigenvalue weighted by Crippen LogP contribution is -2.45. The van der Waals surface area contributed by atoms with E-state index in [1.165, 1.54) is 33.9 Å². The van der Waals surface area contributed by atoms with Crippen molar-refractivity contribution in [2.45, 2.75) is 104 Å². The Balaban J connectivity index is 1.75. The molecule has 1 aliphatic heterocycles. The Morgan fingerprint density at radius 2 is 1.43 bits per heavy atom. The van der Waals surface area contributed by atoms with Crippen LogP contribution in [0.3, 0.4) is 0 Å². The van der Waals surface area contributed by atoms with Crippen LogP contribution in [0.4, 0.5) is 5.82 Å². The number of phosphoric acid groups is 3. The number of fused-ring (bicyclic) bond motifs is 1. The van der Waals surface area contributed by atoms with Crippen LogP contribution in [0.1, 0.15) is 79.6 Å². The number of hydrogen-bond acceptors (Lipinski definition) is 13. The van der Waals surface area contributed by atoms with Crippen LogP contribution in [0, 0.1) is 0 Å². The van der Waals surface area contributed by atoms with Crippen LogP contribution in [0.15, 0.2) is 59.3 Å². The number of hydrogen-bond donors (Lipinski definition) is 7. The second-order valence-electron chi connectivity index (χ2n) is 12.6. The van der Waals surface area contributed by atoms with Crippen molar-refractivity contribution in [2.75, 3.05) is 12.3 Å². The monoisotopic (exact) mass is 779 g/mol. The van der Waals surface area contributed by atoms with Gasteiger partial charge in [-0.2, -0.15) is 8.62 Å². The fourth-order valence-electron chi connectivity index (χ4n) is 5.38. The Labute approximate surface area is 296 Å². The molecule has 2 aromatic heterocycles. The zero-order chi connectivity index (χ0) is 38.2. The van der Waals surface area contributed by atoms with Gasteiger partial charge in [0.1, 0.15) is 30.2 Å². The Bertz CT molecular complexity index is 1790. The van der Waals surface area contributed by atoms with Crippen molar-refractivity contribution in [2.24, 2.45) is 0 Å². The smallest absolute Gasteiger partial charge is 0.387 e. The van der Waals surface area contributed by atoms with Crippen LogP contribution in [0.2, 0.25) is 0 Å². The third-order valence-electron chi connectivity index (χ3n) is 8.01. The Morgan fingerprint density at radius 1 is 0.863 bits per heavy atom. The largest absolute Gasteiger partial charge is 0.490 e. The van der Waals surface area contributed by atoms with Crippen LogP contribution >= 0.6 is 23.5 Å². The second-order valence-corrected chi connectivity index (χ2v) is 17.0. The molecule has 8 N–H and O–H groups in total. The van der Waals surface area contributed by atoms with E-state index in [2.05, 4.69) is 69.5 Å². The lowest BCUT2D eigenvalue weighted by molar-refractivity contribution is -0.142. The van der Waals surface area contributed by atoms with Crippen LogP contribution in [0.25, 0.3) is 11.2 Å². The minimum absolute atomic E-state index is 0.0365. The third-order valence-corrected chi connectivity index (χ3v) is 11.8. The third kappa shape index (κ3) is 12.9. The number of nitrogens with zero attached hydrogens (tertiary/aromatic N) is 4. The molecule has 0 bridgehead atoms. The SMILES string of the molecule is CC(C)=CCC/C(C)=C/CCC(C)=CCC/C(C)=C/C[C@@]1(n2cnc3c(N)ncnc32)O[C@H](COP(=O)(O)OP(=O)(O)OP(=O)(O)O)[C@@H](O)[C@H]1O. The molecule has 2 aromatic rings. The van der Waals surface area contributed by atoms with E-state index in [9.17, 15) is 33.7 Å². The Morgan fingerprint density at radius 3 is 2.00 bits per heavy atom. The van der Waals surface area contributed by atoms with Gasteiger partial charge < -0.3 is 40.3 Å². The predicted octanol–water partition coefficient (Wildman–Crippen LogP) is 5.06. The van der Waals surface area contributed by atoms with Crippen molar-refractivity contribution in [3.05, 3.63) is 59.3 Å². The van der Waals surface area contributed by atoms with Crippen molar-refractivity contribution < 1.29 is 61.4 Å². The maximum atomic E-state index is 12.4. The number of nitrogen functional groups attached to an aromatic ring is 1. The van der Waals surface area contributed by atoms with Crippen molar-refractivity contribution >= 4 is 40.4 Å². The number of phosphoric ester groups is 1. The molecule has 0 aromatic carbocycles. The summed E-state index contributed by atoms with van der Waals surface area (Å²) in [4.78, 5) is 49.3. The van der Waals surface area contributed by atoms with Gasteiger partial charge in [0.15, 0.2) is 17.2 Å². The number of aliphatic hydroxyl groups excluding tert-OH is 2. The van der Waals surface area contributed by atoms with Gasteiger partial charge in [-0.3, -0.25) is 9.09 Å². The molecule has 0 spiro atoms. The van der Waals surface area contributed by atoms with E-state index < -0.39 is 54.1 Å². The molecule has 1 fully saturated rings. The second kappa shape index (κ2) is 18.1. The zero-order valence-electron chi connectivity index (χ0n) is 29.1. The van der Waals surface area contributed by atoms with E-state index in [1.807, 2.05) is 6.92 Å². The molecular formula is C30H48N5O13P3. The van der Waals surface area contributed by atoms with Crippen molar-refractivity contribution in [3.63, 3.8) is 0 Å². The number of nitrogens with two attached hydrogens (primary N) is 1. The molecule has 1 aliphatic rings. The van der Waals surface area contributed by atoms with Gasteiger partial charge in [0.05, 0.1) is 12.9 Å².